The van der Waals surface area contributed by atoms with Gasteiger partial charge in [0.2, 0.25) is 0 Å². The first-order valence-electron chi connectivity index (χ1n) is 5.82. The molecule has 0 spiro atoms. The zero-order valence-electron chi connectivity index (χ0n) is 11.2. The number of carbonyl (C=O) groups excluding carboxylic acids is 1. The largest absolute Gasteiger partial charge is 0.508 e. The van der Waals surface area contributed by atoms with Crippen LogP contribution in [0.1, 0.15) is 12.5 Å². The van der Waals surface area contributed by atoms with Crippen LogP contribution < -0.4 is 5.32 Å². The molecule has 0 aromatic heterocycles. The second kappa shape index (κ2) is 6.65. The summed E-state index contributed by atoms with van der Waals surface area (Å²) in [4.78, 5) is 14.6. The van der Waals surface area contributed by atoms with Crippen molar-refractivity contribution in [2.45, 2.75) is 12.5 Å². The molecule has 1 aromatic rings. The normalized spacial score (nSPS) is 13.1. The molecule has 0 saturated heterocycles. The zero-order valence-corrected chi connectivity index (χ0v) is 11.2. The fourth-order valence-corrected chi connectivity index (χ4v) is 1.78. The van der Waals surface area contributed by atoms with Gasteiger partial charge in [-0.05, 0) is 30.2 Å². The number of phenolic OH excluding ortho intramolecular Hbond substituents is 2. The van der Waals surface area contributed by atoms with Crippen LogP contribution in [0.25, 0.3) is 10.4 Å². The van der Waals surface area contributed by atoms with Crippen LogP contribution in [0.5, 0.6) is 11.5 Å². The van der Waals surface area contributed by atoms with E-state index < -0.39 is 11.5 Å². The highest BCUT2D eigenvalue weighted by molar-refractivity contribution is 5.82. The molecule has 1 unspecified atom stereocenters. The highest BCUT2D eigenvalue weighted by atomic mass is 16.5. The van der Waals surface area contributed by atoms with Gasteiger partial charge >= 0.3 is 5.97 Å². The molecular weight excluding hydrogens is 264 g/mol. The molecule has 0 aliphatic carbocycles. The molecule has 108 valence electrons. The van der Waals surface area contributed by atoms with Crippen molar-refractivity contribution in [1.82, 2.24) is 5.32 Å². The van der Waals surface area contributed by atoms with Gasteiger partial charge in [0.15, 0.2) is 0 Å². The Hall–Kier alpha value is -2.44. The summed E-state index contributed by atoms with van der Waals surface area (Å²) in [6.07, 6.45) is 0. The SMILES string of the molecule is COC(=O)C(C)(NCCN=[N+]=[N-])c1cc(O)cc(O)c1. The van der Waals surface area contributed by atoms with E-state index in [0.29, 0.717) is 5.56 Å². The van der Waals surface area contributed by atoms with E-state index in [0.717, 1.165) is 6.07 Å². The highest BCUT2D eigenvalue weighted by Crippen LogP contribution is 2.29. The predicted octanol–water partition coefficient (Wildman–Crippen LogP) is 1.39. The highest BCUT2D eigenvalue weighted by Gasteiger charge is 2.36. The van der Waals surface area contributed by atoms with Gasteiger partial charge in [-0.15, -0.1) is 0 Å². The standard InChI is InChI=1S/C12H16N4O4/c1-12(11(19)20-2,14-3-4-15-16-13)8-5-9(17)7-10(18)6-8/h5-7,14,17-18H,3-4H2,1-2H3. The summed E-state index contributed by atoms with van der Waals surface area (Å²) < 4.78 is 4.74. The molecule has 1 aromatic carbocycles. The van der Waals surface area contributed by atoms with Gasteiger partial charge in [-0.2, -0.15) is 0 Å². The lowest BCUT2D eigenvalue weighted by Gasteiger charge is -2.28. The van der Waals surface area contributed by atoms with Crippen molar-refractivity contribution >= 4 is 5.97 Å². The number of rotatable bonds is 6. The number of hydrogen-bond donors (Lipinski definition) is 3. The van der Waals surface area contributed by atoms with Gasteiger partial charge in [0.1, 0.15) is 17.0 Å². The third kappa shape index (κ3) is 3.53. The zero-order chi connectivity index (χ0) is 15.2. The van der Waals surface area contributed by atoms with E-state index in [9.17, 15) is 15.0 Å². The van der Waals surface area contributed by atoms with Gasteiger partial charge in [-0.25, -0.2) is 4.79 Å². The molecule has 0 amide bonds. The first-order chi connectivity index (χ1) is 9.43. The number of esters is 1. The van der Waals surface area contributed by atoms with Crippen molar-refractivity contribution in [3.05, 3.63) is 34.2 Å². The molecule has 0 radical (unpaired) electrons. The summed E-state index contributed by atoms with van der Waals surface area (Å²) in [6, 6.07) is 3.84. The average molecular weight is 280 g/mol. The minimum atomic E-state index is -1.28. The van der Waals surface area contributed by atoms with Crippen molar-refractivity contribution in [1.29, 1.82) is 0 Å². The minimum Gasteiger partial charge on any atom is -0.508 e. The molecule has 3 N–H and O–H groups in total. The second-order valence-electron chi connectivity index (χ2n) is 4.24. The topological polar surface area (TPSA) is 128 Å². The number of ether oxygens (including phenoxy) is 1. The summed E-state index contributed by atoms with van der Waals surface area (Å²) in [7, 11) is 1.23. The minimum absolute atomic E-state index is 0.147. The quantitative estimate of drug-likeness (QED) is 0.238. The third-order valence-corrected chi connectivity index (χ3v) is 2.83. The molecule has 1 rings (SSSR count). The molecular formula is C12H16N4O4. The van der Waals surface area contributed by atoms with Crippen LogP contribution in [-0.4, -0.2) is 36.4 Å². The van der Waals surface area contributed by atoms with Gasteiger partial charge in [0.05, 0.1) is 7.11 Å². The number of benzene rings is 1. The Labute approximate surface area is 115 Å². The smallest absolute Gasteiger partial charge is 0.330 e. The second-order valence-corrected chi connectivity index (χ2v) is 4.24. The van der Waals surface area contributed by atoms with E-state index in [2.05, 4.69) is 15.3 Å². The molecule has 1 atom stereocenters. The number of carbonyl (C=O) groups is 1. The monoisotopic (exact) mass is 280 g/mol. The molecule has 8 heteroatoms. The Balaban J connectivity index is 3.09. The summed E-state index contributed by atoms with van der Waals surface area (Å²) in [5.41, 5.74) is 7.27. The molecule has 8 nitrogen and oxygen atoms in total. The number of phenols is 2. The fraction of sp³-hybridized carbons (Fsp3) is 0.417. The van der Waals surface area contributed by atoms with Crippen molar-refractivity contribution < 1.29 is 19.7 Å². The molecule has 0 bridgehead atoms. The first-order valence-corrected chi connectivity index (χ1v) is 5.82. The van der Waals surface area contributed by atoms with E-state index in [4.69, 9.17) is 10.3 Å². The van der Waals surface area contributed by atoms with Crippen molar-refractivity contribution in [2.24, 2.45) is 5.11 Å². The van der Waals surface area contributed by atoms with Crippen LogP contribution in [0, 0.1) is 0 Å². The molecule has 20 heavy (non-hydrogen) atoms. The van der Waals surface area contributed by atoms with Gasteiger partial charge in [-0.3, -0.25) is 5.32 Å². The van der Waals surface area contributed by atoms with Crippen LogP contribution in [0.4, 0.5) is 0 Å². The van der Waals surface area contributed by atoms with E-state index in [1.807, 2.05) is 0 Å². The lowest BCUT2D eigenvalue weighted by molar-refractivity contribution is -0.148. The Morgan fingerprint density at radius 1 is 1.45 bits per heavy atom. The molecule has 0 aliphatic rings. The Morgan fingerprint density at radius 3 is 2.55 bits per heavy atom. The van der Waals surface area contributed by atoms with Gasteiger partial charge < -0.3 is 14.9 Å². The maximum absolute atomic E-state index is 12.0. The summed E-state index contributed by atoms with van der Waals surface area (Å²) in [5.74, 6) is -0.942. The third-order valence-electron chi connectivity index (χ3n) is 2.83. The lowest BCUT2D eigenvalue weighted by Crippen LogP contribution is -2.48. The summed E-state index contributed by atoms with van der Waals surface area (Å²) in [5, 5.41) is 25.3. The van der Waals surface area contributed by atoms with Gasteiger partial charge in [0.25, 0.3) is 0 Å². The Bertz CT molecular complexity index is 522. The van der Waals surface area contributed by atoms with E-state index in [-0.39, 0.29) is 24.6 Å². The number of nitrogens with zero attached hydrogens (tertiary/aromatic N) is 3. The van der Waals surface area contributed by atoms with Crippen LogP contribution in [-0.2, 0) is 15.1 Å². The molecule has 0 aliphatic heterocycles. The fourth-order valence-electron chi connectivity index (χ4n) is 1.78. The number of aromatic hydroxyl groups is 2. The van der Waals surface area contributed by atoms with Gasteiger partial charge in [-0.1, -0.05) is 5.11 Å². The van der Waals surface area contributed by atoms with Crippen molar-refractivity contribution in [3.63, 3.8) is 0 Å². The van der Waals surface area contributed by atoms with Crippen molar-refractivity contribution in [3.8, 4) is 11.5 Å². The lowest BCUT2D eigenvalue weighted by atomic mass is 9.91. The maximum atomic E-state index is 12.0. The summed E-state index contributed by atoms with van der Waals surface area (Å²) in [6.45, 7) is 1.92. The first kappa shape index (κ1) is 15.6. The number of azide groups is 1. The average Bonchev–Trinajstić information content (AvgIpc) is 2.41. The molecule has 0 fully saturated rings. The van der Waals surface area contributed by atoms with Crippen LogP contribution in [0.2, 0.25) is 0 Å². The van der Waals surface area contributed by atoms with E-state index in [1.165, 1.54) is 19.2 Å². The van der Waals surface area contributed by atoms with Crippen LogP contribution >= 0.6 is 0 Å². The number of hydrogen-bond acceptors (Lipinski definition) is 6. The molecule has 0 heterocycles. The van der Waals surface area contributed by atoms with E-state index >= 15 is 0 Å². The van der Waals surface area contributed by atoms with Crippen LogP contribution in [0.3, 0.4) is 0 Å². The Kier molecular flexibility index (Phi) is 5.19. The summed E-state index contributed by atoms with van der Waals surface area (Å²) >= 11 is 0. The predicted molar refractivity (Wildman–Crippen MR) is 71.2 cm³/mol. The number of nitrogens with one attached hydrogen (secondary N) is 1. The Morgan fingerprint density at radius 2 is 2.05 bits per heavy atom. The van der Waals surface area contributed by atoms with Gasteiger partial charge in [0, 0.05) is 24.1 Å². The van der Waals surface area contributed by atoms with Crippen LogP contribution in [0.15, 0.2) is 23.3 Å². The molecule has 0 saturated carbocycles. The van der Waals surface area contributed by atoms with Crippen molar-refractivity contribution in [2.75, 3.05) is 20.2 Å². The number of methoxy groups -OCH3 is 1. The maximum Gasteiger partial charge on any atom is 0.330 e. The van der Waals surface area contributed by atoms with E-state index in [1.54, 1.807) is 6.92 Å².